The maximum Gasteiger partial charge on any atom is 0.339 e. The molecule has 0 bridgehead atoms. The Kier molecular flexibility index (Phi) is 4.34. The van der Waals surface area contributed by atoms with Gasteiger partial charge in [-0.15, -0.1) is 10.2 Å². The lowest BCUT2D eigenvalue weighted by atomic mass is 10.1. The van der Waals surface area contributed by atoms with Crippen molar-refractivity contribution in [3.63, 3.8) is 0 Å². The van der Waals surface area contributed by atoms with Crippen molar-refractivity contribution in [1.82, 2.24) is 20.3 Å². The van der Waals surface area contributed by atoms with Crippen LogP contribution < -0.4 is 0 Å². The minimum atomic E-state index is -0.712. The first-order valence-electron chi connectivity index (χ1n) is 9.88. The van der Waals surface area contributed by atoms with E-state index in [4.69, 9.17) is 13.7 Å². The van der Waals surface area contributed by atoms with E-state index >= 15 is 0 Å². The van der Waals surface area contributed by atoms with Crippen LogP contribution in [0, 0.1) is 13.8 Å². The molecule has 8 nitrogen and oxygen atoms in total. The fourth-order valence-electron chi connectivity index (χ4n) is 3.43. The summed E-state index contributed by atoms with van der Waals surface area (Å²) in [6, 6.07) is 9.54. The predicted octanol–water partition coefficient (Wildman–Crippen LogP) is 4.69. The van der Waals surface area contributed by atoms with E-state index in [1.807, 2.05) is 31.2 Å². The van der Waals surface area contributed by atoms with Crippen molar-refractivity contribution in [3.05, 3.63) is 58.7 Å². The van der Waals surface area contributed by atoms with Gasteiger partial charge in [0.2, 0.25) is 5.89 Å². The third kappa shape index (κ3) is 3.34. The van der Waals surface area contributed by atoms with Crippen molar-refractivity contribution in [2.45, 2.75) is 45.6 Å². The normalized spacial score (nSPS) is 14.8. The molecule has 8 heteroatoms. The summed E-state index contributed by atoms with van der Waals surface area (Å²) in [6.07, 6.45) is 1.40. The van der Waals surface area contributed by atoms with E-state index in [1.165, 1.54) is 0 Å². The second-order valence-corrected chi connectivity index (χ2v) is 7.68. The summed E-state index contributed by atoms with van der Waals surface area (Å²) in [6.45, 7) is 5.46. The Labute approximate surface area is 172 Å². The first-order chi connectivity index (χ1) is 14.5. The highest BCUT2D eigenvalue weighted by Crippen LogP contribution is 2.40. The fraction of sp³-hybridized carbons (Fsp3) is 0.318. The Bertz CT molecular complexity index is 1260. The maximum absolute atomic E-state index is 13.0. The molecule has 1 aromatic carbocycles. The SMILES string of the molecule is Cc1cccc(-c2nnc(C(C)OC(=O)c3cc(C4CC4)nc4onc(C)c34)o2)c1. The van der Waals surface area contributed by atoms with Gasteiger partial charge in [-0.25, -0.2) is 9.78 Å². The van der Waals surface area contributed by atoms with Crippen LogP contribution in [0.25, 0.3) is 22.6 Å². The summed E-state index contributed by atoms with van der Waals surface area (Å²) in [5.41, 5.74) is 4.08. The number of carbonyl (C=O) groups excluding carboxylic acids is 1. The molecule has 0 radical (unpaired) electrons. The van der Waals surface area contributed by atoms with Gasteiger partial charge < -0.3 is 13.7 Å². The van der Waals surface area contributed by atoms with Crippen molar-refractivity contribution in [2.75, 3.05) is 0 Å². The molecule has 152 valence electrons. The number of rotatable bonds is 5. The molecule has 1 aliphatic rings. The zero-order valence-corrected chi connectivity index (χ0v) is 16.9. The van der Waals surface area contributed by atoms with Crippen molar-refractivity contribution < 1.29 is 18.5 Å². The van der Waals surface area contributed by atoms with Crippen LogP contribution in [-0.2, 0) is 4.74 Å². The first kappa shape index (κ1) is 18.5. The number of aryl methyl sites for hydroxylation is 2. The summed E-state index contributed by atoms with van der Waals surface area (Å²) >= 11 is 0. The second kappa shape index (κ2) is 7.05. The average Bonchev–Trinajstić information content (AvgIpc) is 3.34. The third-order valence-corrected chi connectivity index (χ3v) is 5.19. The van der Waals surface area contributed by atoms with E-state index in [9.17, 15) is 4.79 Å². The Morgan fingerprint density at radius 1 is 1.20 bits per heavy atom. The summed E-state index contributed by atoms with van der Waals surface area (Å²) in [4.78, 5) is 17.5. The molecule has 1 saturated carbocycles. The van der Waals surface area contributed by atoms with Gasteiger partial charge in [0, 0.05) is 17.2 Å². The monoisotopic (exact) mass is 404 g/mol. The number of fused-ring (bicyclic) bond motifs is 1. The highest BCUT2D eigenvalue weighted by Gasteiger charge is 2.30. The number of carbonyl (C=O) groups is 1. The third-order valence-electron chi connectivity index (χ3n) is 5.19. The van der Waals surface area contributed by atoms with Gasteiger partial charge in [0.1, 0.15) is 0 Å². The molecule has 1 unspecified atom stereocenters. The fourth-order valence-corrected chi connectivity index (χ4v) is 3.43. The molecule has 3 aromatic heterocycles. The average molecular weight is 404 g/mol. The van der Waals surface area contributed by atoms with Crippen molar-refractivity contribution in [1.29, 1.82) is 0 Å². The Hall–Kier alpha value is -3.55. The molecule has 0 amide bonds. The van der Waals surface area contributed by atoms with E-state index in [0.29, 0.717) is 34.2 Å². The molecule has 0 spiro atoms. The molecule has 3 heterocycles. The standard InChI is InChI=1S/C22H20N4O4/c1-11-5-4-6-15(9-11)20-25-24-19(29-20)13(3)28-22(27)16-10-17(14-7-8-14)23-21-18(16)12(2)26-30-21/h4-6,9-10,13-14H,7-8H2,1-3H3. The van der Waals surface area contributed by atoms with Gasteiger partial charge in [-0.2, -0.15) is 0 Å². The van der Waals surface area contributed by atoms with Crippen molar-refractivity contribution in [3.8, 4) is 11.5 Å². The number of ether oxygens (including phenoxy) is 1. The largest absolute Gasteiger partial charge is 0.449 e. The number of hydrogen-bond acceptors (Lipinski definition) is 8. The minimum absolute atomic E-state index is 0.231. The molecule has 0 saturated heterocycles. The van der Waals surface area contributed by atoms with Gasteiger partial charge in [0.15, 0.2) is 6.10 Å². The smallest absolute Gasteiger partial charge is 0.339 e. The molecule has 0 aliphatic heterocycles. The summed E-state index contributed by atoms with van der Waals surface area (Å²) in [5, 5.41) is 12.7. The van der Waals surface area contributed by atoms with Gasteiger partial charge >= 0.3 is 5.97 Å². The van der Waals surface area contributed by atoms with E-state index in [2.05, 4.69) is 20.3 Å². The number of benzene rings is 1. The topological polar surface area (TPSA) is 104 Å². The maximum atomic E-state index is 13.0. The van der Waals surface area contributed by atoms with Crippen LogP contribution in [0.15, 0.2) is 39.3 Å². The van der Waals surface area contributed by atoms with E-state index in [0.717, 1.165) is 29.7 Å². The van der Waals surface area contributed by atoms with Crippen LogP contribution in [-0.4, -0.2) is 26.3 Å². The number of esters is 1. The van der Waals surface area contributed by atoms with E-state index in [1.54, 1.807) is 19.9 Å². The van der Waals surface area contributed by atoms with Gasteiger partial charge in [-0.05, 0) is 51.8 Å². The Balaban J connectivity index is 1.41. The van der Waals surface area contributed by atoms with Crippen LogP contribution in [0.2, 0.25) is 0 Å². The second-order valence-electron chi connectivity index (χ2n) is 7.68. The van der Waals surface area contributed by atoms with Gasteiger partial charge in [0.25, 0.3) is 11.6 Å². The number of aromatic nitrogens is 4. The van der Waals surface area contributed by atoms with E-state index < -0.39 is 12.1 Å². The summed E-state index contributed by atoms with van der Waals surface area (Å²) < 4.78 is 16.7. The van der Waals surface area contributed by atoms with Crippen LogP contribution in [0.4, 0.5) is 0 Å². The summed E-state index contributed by atoms with van der Waals surface area (Å²) in [5.74, 6) is 0.471. The van der Waals surface area contributed by atoms with Crippen LogP contribution >= 0.6 is 0 Å². The highest BCUT2D eigenvalue weighted by atomic mass is 16.6. The van der Waals surface area contributed by atoms with E-state index in [-0.39, 0.29) is 5.89 Å². The minimum Gasteiger partial charge on any atom is -0.449 e. The molecule has 1 aliphatic carbocycles. The molecule has 4 aromatic rings. The van der Waals surface area contributed by atoms with Gasteiger partial charge in [-0.1, -0.05) is 22.9 Å². The van der Waals surface area contributed by atoms with Crippen LogP contribution in [0.5, 0.6) is 0 Å². The van der Waals surface area contributed by atoms with Gasteiger partial charge in [-0.3, -0.25) is 0 Å². The van der Waals surface area contributed by atoms with Crippen molar-refractivity contribution >= 4 is 17.1 Å². The van der Waals surface area contributed by atoms with Gasteiger partial charge in [0.05, 0.1) is 16.6 Å². The number of pyridine rings is 1. The van der Waals surface area contributed by atoms with Crippen LogP contribution in [0.3, 0.4) is 0 Å². The lowest BCUT2D eigenvalue weighted by Crippen LogP contribution is -2.11. The Morgan fingerprint density at radius 2 is 2.03 bits per heavy atom. The number of nitrogens with zero attached hydrogens (tertiary/aromatic N) is 4. The molecule has 5 rings (SSSR count). The Morgan fingerprint density at radius 3 is 2.80 bits per heavy atom. The first-order valence-corrected chi connectivity index (χ1v) is 9.88. The quantitative estimate of drug-likeness (QED) is 0.441. The molecule has 0 N–H and O–H groups in total. The highest BCUT2D eigenvalue weighted by molar-refractivity contribution is 6.03. The predicted molar refractivity (Wildman–Crippen MR) is 107 cm³/mol. The molecule has 1 atom stereocenters. The summed E-state index contributed by atoms with van der Waals surface area (Å²) in [7, 11) is 0. The van der Waals surface area contributed by atoms with Crippen molar-refractivity contribution in [2.24, 2.45) is 0 Å². The zero-order valence-electron chi connectivity index (χ0n) is 16.9. The zero-order chi connectivity index (χ0) is 20.8. The molecular formula is C22H20N4O4. The van der Waals surface area contributed by atoms with Crippen LogP contribution in [0.1, 0.15) is 65.0 Å². The lowest BCUT2D eigenvalue weighted by Gasteiger charge is -2.11. The molecule has 1 fully saturated rings. The molecule has 30 heavy (non-hydrogen) atoms. The molecular weight excluding hydrogens is 384 g/mol. The number of hydrogen-bond donors (Lipinski definition) is 0. The lowest BCUT2D eigenvalue weighted by molar-refractivity contribution is 0.0282.